The average Bonchev–Trinajstić information content (AvgIpc) is 2.79. The van der Waals surface area contributed by atoms with Gasteiger partial charge in [0.1, 0.15) is 6.10 Å². The molecule has 23 heavy (non-hydrogen) atoms. The van der Waals surface area contributed by atoms with Crippen molar-refractivity contribution in [1.29, 1.82) is 0 Å². The van der Waals surface area contributed by atoms with Crippen molar-refractivity contribution in [1.82, 2.24) is 0 Å². The SMILES string of the molecule is CCO[C@@H]1CC2O[Si](C(C)C)(C(C)C)O[SiH](C(C)C)OC[C@@H]2O1. The summed E-state index contributed by atoms with van der Waals surface area (Å²) in [6.07, 6.45) is 0.577. The molecule has 2 heterocycles. The first-order valence-electron chi connectivity index (χ1n) is 9.04. The van der Waals surface area contributed by atoms with Gasteiger partial charge in [-0.15, -0.1) is 0 Å². The lowest BCUT2D eigenvalue weighted by Crippen LogP contribution is -2.58. The molecule has 5 nitrogen and oxygen atoms in total. The first kappa shape index (κ1) is 19.6. The summed E-state index contributed by atoms with van der Waals surface area (Å²) in [6, 6.07) is 0. The molecule has 0 bridgehead atoms. The molecule has 0 aromatic carbocycles. The third kappa shape index (κ3) is 4.26. The lowest BCUT2D eigenvalue weighted by atomic mass is 10.2. The molecule has 2 rings (SSSR count). The van der Waals surface area contributed by atoms with Crippen molar-refractivity contribution in [3.05, 3.63) is 0 Å². The molecule has 0 N–H and O–H groups in total. The Morgan fingerprint density at radius 2 is 1.74 bits per heavy atom. The van der Waals surface area contributed by atoms with Gasteiger partial charge in [0, 0.05) is 13.0 Å². The summed E-state index contributed by atoms with van der Waals surface area (Å²) in [5, 5.41) is 0. The van der Waals surface area contributed by atoms with E-state index < -0.39 is 17.8 Å². The van der Waals surface area contributed by atoms with Crippen LogP contribution in [0, 0.1) is 0 Å². The van der Waals surface area contributed by atoms with Gasteiger partial charge in [0.05, 0.1) is 12.7 Å². The van der Waals surface area contributed by atoms with E-state index >= 15 is 0 Å². The van der Waals surface area contributed by atoms with E-state index in [0.29, 0.717) is 29.8 Å². The Balaban J connectivity index is 2.26. The van der Waals surface area contributed by atoms with E-state index in [1.807, 2.05) is 6.92 Å². The molecule has 0 aliphatic carbocycles. The van der Waals surface area contributed by atoms with E-state index in [1.54, 1.807) is 0 Å². The lowest BCUT2D eigenvalue weighted by Gasteiger charge is -2.45. The van der Waals surface area contributed by atoms with E-state index in [1.165, 1.54) is 0 Å². The van der Waals surface area contributed by atoms with Gasteiger partial charge in [0.2, 0.25) is 0 Å². The van der Waals surface area contributed by atoms with Crippen molar-refractivity contribution in [2.75, 3.05) is 13.2 Å². The van der Waals surface area contributed by atoms with Crippen LogP contribution < -0.4 is 0 Å². The van der Waals surface area contributed by atoms with Gasteiger partial charge in [-0.1, -0.05) is 41.5 Å². The highest BCUT2D eigenvalue weighted by Gasteiger charge is 2.53. The van der Waals surface area contributed by atoms with Gasteiger partial charge >= 0.3 is 17.8 Å². The minimum Gasteiger partial charge on any atom is -0.416 e. The third-order valence-electron chi connectivity index (χ3n) is 4.73. The van der Waals surface area contributed by atoms with Crippen molar-refractivity contribution in [3.63, 3.8) is 0 Å². The van der Waals surface area contributed by atoms with Crippen LogP contribution in [0.15, 0.2) is 0 Å². The van der Waals surface area contributed by atoms with Gasteiger partial charge in [-0.3, -0.25) is 0 Å². The summed E-state index contributed by atoms with van der Waals surface area (Å²) < 4.78 is 31.4. The summed E-state index contributed by atoms with van der Waals surface area (Å²) in [4.78, 5) is 0. The smallest absolute Gasteiger partial charge is 0.334 e. The van der Waals surface area contributed by atoms with Crippen LogP contribution in [0.25, 0.3) is 0 Å². The van der Waals surface area contributed by atoms with Gasteiger partial charge in [-0.25, -0.2) is 0 Å². The molecule has 0 spiro atoms. The Kier molecular flexibility index (Phi) is 6.87. The summed E-state index contributed by atoms with van der Waals surface area (Å²) in [7, 11) is -4.17. The van der Waals surface area contributed by atoms with Crippen molar-refractivity contribution < 1.29 is 22.4 Å². The molecular formula is C16H34O5Si2. The van der Waals surface area contributed by atoms with Crippen LogP contribution in [-0.2, 0) is 22.4 Å². The fourth-order valence-electron chi connectivity index (χ4n) is 3.45. The van der Waals surface area contributed by atoms with E-state index in [9.17, 15) is 0 Å². The second-order valence-electron chi connectivity index (χ2n) is 7.55. The van der Waals surface area contributed by atoms with E-state index in [2.05, 4.69) is 41.5 Å². The normalized spacial score (nSPS) is 34.7. The number of fused-ring (bicyclic) bond motifs is 1. The van der Waals surface area contributed by atoms with Crippen molar-refractivity contribution in [3.8, 4) is 0 Å². The number of rotatable bonds is 5. The molecule has 2 aliphatic rings. The fourth-order valence-corrected chi connectivity index (χ4v) is 12.0. The largest absolute Gasteiger partial charge is 0.416 e. The predicted octanol–water partition coefficient (Wildman–Crippen LogP) is 3.46. The Morgan fingerprint density at radius 3 is 2.26 bits per heavy atom. The molecule has 0 saturated carbocycles. The first-order valence-corrected chi connectivity index (χ1v) is 12.6. The lowest BCUT2D eigenvalue weighted by molar-refractivity contribution is -0.140. The molecule has 0 aromatic heterocycles. The molecule has 7 heteroatoms. The molecule has 2 saturated heterocycles. The number of hydrogen-bond acceptors (Lipinski definition) is 5. The van der Waals surface area contributed by atoms with Crippen LogP contribution in [0.2, 0.25) is 16.6 Å². The zero-order valence-electron chi connectivity index (χ0n) is 15.7. The highest BCUT2D eigenvalue weighted by molar-refractivity contribution is 6.76. The van der Waals surface area contributed by atoms with E-state index in [4.69, 9.17) is 22.4 Å². The van der Waals surface area contributed by atoms with Gasteiger partial charge in [-0.2, -0.15) is 0 Å². The number of ether oxygens (including phenoxy) is 2. The molecule has 0 aromatic rings. The van der Waals surface area contributed by atoms with Crippen LogP contribution >= 0.6 is 0 Å². The van der Waals surface area contributed by atoms with Crippen molar-refractivity contribution in [2.24, 2.45) is 0 Å². The minimum absolute atomic E-state index is 0.0186. The fraction of sp³-hybridized carbons (Fsp3) is 1.00. The minimum atomic E-state index is -2.38. The van der Waals surface area contributed by atoms with E-state index in [0.717, 1.165) is 6.42 Å². The molecular weight excluding hydrogens is 328 g/mol. The molecule has 0 radical (unpaired) electrons. The monoisotopic (exact) mass is 362 g/mol. The van der Waals surface area contributed by atoms with Crippen LogP contribution in [0.4, 0.5) is 0 Å². The Labute approximate surface area is 144 Å². The van der Waals surface area contributed by atoms with Crippen LogP contribution in [0.5, 0.6) is 0 Å². The Bertz CT molecular complexity index is 369. The molecule has 0 amide bonds. The maximum atomic E-state index is 6.75. The van der Waals surface area contributed by atoms with Crippen molar-refractivity contribution >= 4 is 17.8 Å². The number of hydrogen-bond donors (Lipinski definition) is 0. The maximum absolute atomic E-state index is 6.75. The molecule has 2 aliphatic heterocycles. The van der Waals surface area contributed by atoms with Gasteiger partial charge < -0.3 is 22.4 Å². The Hall–Kier alpha value is 0.234. The predicted molar refractivity (Wildman–Crippen MR) is 95.0 cm³/mol. The summed E-state index contributed by atoms with van der Waals surface area (Å²) in [5.74, 6) is 0. The standard InChI is InChI=1S/C16H34O5Si2/c1-8-17-16-9-14-15(19-16)10-18-22(11(2)3)21-23(20-14,12(4)5)13(6)7/h11-16,22H,8-10H2,1-7H3/t14?,15-,16-,22?/m0/s1. The second-order valence-corrected chi connectivity index (χ2v) is 14.9. The maximum Gasteiger partial charge on any atom is 0.334 e. The zero-order valence-corrected chi connectivity index (χ0v) is 17.9. The van der Waals surface area contributed by atoms with Crippen molar-refractivity contribution in [2.45, 2.75) is 90.0 Å². The van der Waals surface area contributed by atoms with Crippen LogP contribution in [-0.4, -0.2) is 49.6 Å². The molecule has 136 valence electrons. The highest BCUT2D eigenvalue weighted by Crippen LogP contribution is 2.41. The molecule has 2 unspecified atom stereocenters. The molecule has 2 fully saturated rings. The third-order valence-corrected chi connectivity index (χ3v) is 12.6. The van der Waals surface area contributed by atoms with Gasteiger partial charge in [-0.05, 0) is 23.5 Å². The highest BCUT2D eigenvalue weighted by atomic mass is 28.4. The molecule has 4 atom stereocenters. The van der Waals surface area contributed by atoms with Crippen LogP contribution in [0.1, 0.15) is 54.9 Å². The summed E-state index contributed by atoms with van der Waals surface area (Å²) >= 11 is 0. The van der Waals surface area contributed by atoms with E-state index in [-0.39, 0.29) is 18.5 Å². The van der Waals surface area contributed by atoms with Crippen LogP contribution in [0.3, 0.4) is 0 Å². The topological polar surface area (TPSA) is 46.2 Å². The average molecular weight is 363 g/mol. The van der Waals surface area contributed by atoms with Gasteiger partial charge in [0.25, 0.3) is 0 Å². The second kappa shape index (κ2) is 8.08. The summed E-state index contributed by atoms with van der Waals surface area (Å²) in [6.45, 7) is 16.5. The summed E-state index contributed by atoms with van der Waals surface area (Å²) in [5.41, 5.74) is 1.18. The first-order chi connectivity index (χ1) is 10.8. The zero-order chi connectivity index (χ0) is 17.2. The quantitative estimate of drug-likeness (QED) is 0.701. The van der Waals surface area contributed by atoms with Gasteiger partial charge in [0.15, 0.2) is 6.29 Å². The Morgan fingerprint density at radius 1 is 1.09 bits per heavy atom.